The number of rotatable bonds is 3. The molecule has 0 spiro atoms. The summed E-state index contributed by atoms with van der Waals surface area (Å²) in [4.78, 5) is 13.6. The van der Waals surface area contributed by atoms with Crippen LogP contribution in [0.3, 0.4) is 0 Å². The van der Waals surface area contributed by atoms with E-state index in [1.165, 1.54) is 6.42 Å². The van der Waals surface area contributed by atoms with Gasteiger partial charge in [-0.25, -0.2) is 4.98 Å². The van der Waals surface area contributed by atoms with Gasteiger partial charge < -0.3 is 15.0 Å². The molecule has 1 unspecified atom stereocenters. The Morgan fingerprint density at radius 1 is 1.45 bits per heavy atom. The molecule has 0 aromatic carbocycles. The van der Waals surface area contributed by atoms with E-state index in [1.807, 2.05) is 18.6 Å². The third-order valence-electron chi connectivity index (χ3n) is 4.12. The summed E-state index contributed by atoms with van der Waals surface area (Å²) in [5, 5.41) is 6.52. The molecule has 0 bridgehead atoms. The van der Waals surface area contributed by atoms with Crippen LogP contribution in [-0.2, 0) is 11.3 Å². The fraction of sp³-hybridized carbons (Fsp3) is 0.714. The largest absolute Gasteiger partial charge is 0.379 e. The minimum Gasteiger partial charge on any atom is -0.379 e. The smallest absolute Gasteiger partial charge is 0.194 e. The topological polar surface area (TPSA) is 53.0 Å². The number of hydrogen-bond donors (Lipinski definition) is 1. The highest BCUT2D eigenvalue weighted by atomic mass is 127. The number of morpholine rings is 1. The molecule has 22 heavy (non-hydrogen) atoms. The molecule has 0 radical (unpaired) electrons. The molecule has 124 valence electrons. The van der Waals surface area contributed by atoms with Crippen molar-refractivity contribution in [2.24, 2.45) is 4.99 Å². The average Bonchev–Trinajstić information content (AvgIpc) is 3.20. The molecule has 0 aliphatic carbocycles. The lowest BCUT2D eigenvalue weighted by Crippen LogP contribution is -2.46. The van der Waals surface area contributed by atoms with Crippen molar-refractivity contribution in [2.45, 2.75) is 19.0 Å². The molecule has 1 N–H and O–H groups in total. The Bertz CT molecular complexity index is 464. The number of likely N-dealkylation sites (tertiary alicyclic amines) is 1. The zero-order chi connectivity index (χ0) is 14.5. The molecule has 2 aliphatic heterocycles. The molecule has 1 aromatic rings. The van der Waals surface area contributed by atoms with Gasteiger partial charge in [-0.1, -0.05) is 0 Å². The van der Waals surface area contributed by atoms with Gasteiger partial charge in [-0.3, -0.25) is 9.89 Å². The van der Waals surface area contributed by atoms with Crippen molar-refractivity contribution in [1.29, 1.82) is 0 Å². The highest BCUT2D eigenvalue weighted by molar-refractivity contribution is 14.0. The summed E-state index contributed by atoms with van der Waals surface area (Å²) in [5.41, 5.74) is 0. The molecule has 6 nitrogen and oxygen atoms in total. The molecule has 1 atom stereocenters. The normalized spacial score (nSPS) is 23.4. The van der Waals surface area contributed by atoms with E-state index in [0.29, 0.717) is 6.04 Å². The lowest BCUT2D eigenvalue weighted by Gasteiger charge is -2.32. The van der Waals surface area contributed by atoms with Gasteiger partial charge in [0.1, 0.15) is 5.01 Å². The Hall–Kier alpha value is -0.450. The maximum absolute atomic E-state index is 5.44. The van der Waals surface area contributed by atoms with E-state index >= 15 is 0 Å². The van der Waals surface area contributed by atoms with Gasteiger partial charge in [0.25, 0.3) is 0 Å². The summed E-state index contributed by atoms with van der Waals surface area (Å²) in [6.45, 7) is 6.73. The number of hydrogen-bond acceptors (Lipinski definition) is 5. The second kappa shape index (κ2) is 8.99. The number of aromatic nitrogens is 1. The molecule has 2 aliphatic rings. The van der Waals surface area contributed by atoms with Crippen LogP contribution in [0.4, 0.5) is 0 Å². The SMILES string of the molecule is CN=C(NCc1nccs1)N1CCC(N2CCOCC2)C1.I. The fourth-order valence-corrected chi connectivity index (χ4v) is 3.56. The van der Waals surface area contributed by atoms with E-state index in [9.17, 15) is 0 Å². The van der Waals surface area contributed by atoms with Crippen molar-refractivity contribution < 1.29 is 4.74 Å². The third kappa shape index (κ3) is 4.53. The average molecular weight is 437 g/mol. The van der Waals surface area contributed by atoms with E-state index in [4.69, 9.17) is 4.74 Å². The van der Waals surface area contributed by atoms with Crippen molar-refractivity contribution in [3.05, 3.63) is 16.6 Å². The molecule has 0 saturated carbocycles. The molecule has 1 aromatic heterocycles. The Labute approximate surface area is 153 Å². The number of halogens is 1. The molecule has 2 saturated heterocycles. The molecule has 3 rings (SSSR count). The Balaban J connectivity index is 0.00000176. The minimum absolute atomic E-state index is 0. The number of ether oxygens (including phenoxy) is 1. The Kier molecular flexibility index (Phi) is 7.32. The van der Waals surface area contributed by atoms with Crippen molar-refractivity contribution in [3.63, 3.8) is 0 Å². The first-order chi connectivity index (χ1) is 10.4. The maximum Gasteiger partial charge on any atom is 0.194 e. The first kappa shape index (κ1) is 17.9. The second-order valence-electron chi connectivity index (χ2n) is 5.36. The van der Waals surface area contributed by atoms with Gasteiger partial charge in [-0.15, -0.1) is 35.3 Å². The molecular formula is C14H24IN5OS. The van der Waals surface area contributed by atoms with Crippen LogP contribution in [0.5, 0.6) is 0 Å². The summed E-state index contributed by atoms with van der Waals surface area (Å²) in [7, 11) is 1.85. The van der Waals surface area contributed by atoms with Crippen LogP contribution in [0.15, 0.2) is 16.6 Å². The Morgan fingerprint density at radius 3 is 2.95 bits per heavy atom. The molecule has 8 heteroatoms. The highest BCUT2D eigenvalue weighted by Crippen LogP contribution is 2.17. The van der Waals surface area contributed by atoms with Crippen LogP contribution in [0, 0.1) is 0 Å². The Morgan fingerprint density at radius 2 is 2.27 bits per heavy atom. The quantitative estimate of drug-likeness (QED) is 0.438. The van der Waals surface area contributed by atoms with Gasteiger partial charge >= 0.3 is 0 Å². The standard InChI is InChI=1S/C14H23N5OS.HI/c1-15-14(17-10-13-16-3-9-21-13)19-4-2-12(11-19)18-5-7-20-8-6-18;/h3,9,12H,2,4-8,10-11H2,1H3,(H,15,17);1H. The van der Waals surface area contributed by atoms with Crippen LogP contribution in [-0.4, -0.2) is 73.2 Å². The van der Waals surface area contributed by atoms with Crippen LogP contribution in [0.1, 0.15) is 11.4 Å². The number of aliphatic imine (C=N–C) groups is 1. The van der Waals surface area contributed by atoms with Gasteiger partial charge in [0.05, 0.1) is 19.8 Å². The predicted octanol–water partition coefficient (Wildman–Crippen LogP) is 1.24. The van der Waals surface area contributed by atoms with E-state index in [-0.39, 0.29) is 24.0 Å². The molecule has 2 fully saturated rings. The first-order valence-corrected chi connectivity index (χ1v) is 8.40. The monoisotopic (exact) mass is 437 g/mol. The zero-order valence-electron chi connectivity index (χ0n) is 12.9. The number of nitrogens with one attached hydrogen (secondary N) is 1. The number of thiazole rings is 1. The van der Waals surface area contributed by atoms with Crippen molar-refractivity contribution in [3.8, 4) is 0 Å². The minimum atomic E-state index is 0. The summed E-state index contributed by atoms with van der Waals surface area (Å²) in [5.74, 6) is 0.987. The number of nitrogens with zero attached hydrogens (tertiary/aromatic N) is 4. The van der Waals surface area contributed by atoms with Crippen molar-refractivity contribution in [1.82, 2.24) is 20.1 Å². The third-order valence-corrected chi connectivity index (χ3v) is 4.90. The molecule has 3 heterocycles. The molecule has 0 amide bonds. The molecular weight excluding hydrogens is 413 g/mol. The van der Waals surface area contributed by atoms with Crippen LogP contribution in [0.2, 0.25) is 0 Å². The summed E-state index contributed by atoms with van der Waals surface area (Å²) in [6, 6.07) is 0.632. The summed E-state index contributed by atoms with van der Waals surface area (Å²) < 4.78 is 5.44. The second-order valence-corrected chi connectivity index (χ2v) is 6.34. The lowest BCUT2D eigenvalue weighted by atomic mass is 10.2. The zero-order valence-corrected chi connectivity index (χ0v) is 16.0. The highest BCUT2D eigenvalue weighted by Gasteiger charge is 2.30. The fourth-order valence-electron chi connectivity index (χ4n) is 3.00. The van der Waals surface area contributed by atoms with Gasteiger partial charge in [0, 0.05) is 50.8 Å². The van der Waals surface area contributed by atoms with E-state index in [2.05, 4.69) is 25.1 Å². The van der Waals surface area contributed by atoms with E-state index < -0.39 is 0 Å². The van der Waals surface area contributed by atoms with Crippen LogP contribution in [0.25, 0.3) is 0 Å². The summed E-state index contributed by atoms with van der Waals surface area (Å²) in [6.07, 6.45) is 3.05. The first-order valence-electron chi connectivity index (χ1n) is 7.52. The van der Waals surface area contributed by atoms with Gasteiger partial charge in [0.2, 0.25) is 0 Å². The van der Waals surface area contributed by atoms with Crippen LogP contribution >= 0.6 is 35.3 Å². The van der Waals surface area contributed by atoms with Crippen molar-refractivity contribution in [2.75, 3.05) is 46.4 Å². The van der Waals surface area contributed by atoms with Crippen molar-refractivity contribution >= 4 is 41.3 Å². The maximum atomic E-state index is 5.44. The van der Waals surface area contributed by atoms with Gasteiger partial charge in [-0.2, -0.15) is 0 Å². The van der Waals surface area contributed by atoms with Gasteiger partial charge in [-0.05, 0) is 6.42 Å². The summed E-state index contributed by atoms with van der Waals surface area (Å²) >= 11 is 1.67. The lowest BCUT2D eigenvalue weighted by molar-refractivity contribution is 0.0195. The van der Waals surface area contributed by atoms with E-state index in [1.54, 1.807) is 11.3 Å². The number of guanidine groups is 1. The van der Waals surface area contributed by atoms with E-state index in [0.717, 1.165) is 56.9 Å². The van der Waals surface area contributed by atoms with Crippen LogP contribution < -0.4 is 5.32 Å². The predicted molar refractivity (Wildman–Crippen MR) is 100 cm³/mol. The van der Waals surface area contributed by atoms with Gasteiger partial charge in [0.15, 0.2) is 5.96 Å².